The largest absolute Gasteiger partial charge is 0.464 e. The Hall–Kier alpha value is -2.11. The molecule has 1 aliphatic carbocycles. The van der Waals surface area contributed by atoms with Crippen molar-refractivity contribution < 1.29 is 18.7 Å². The molecule has 1 aromatic rings. The van der Waals surface area contributed by atoms with Gasteiger partial charge in [-0.2, -0.15) is 0 Å². The minimum absolute atomic E-state index is 0.00815. The van der Waals surface area contributed by atoms with Crippen LogP contribution in [0.15, 0.2) is 18.2 Å². The maximum Gasteiger partial charge on any atom is 0.331 e. The van der Waals surface area contributed by atoms with Gasteiger partial charge in [0.1, 0.15) is 11.4 Å². The van der Waals surface area contributed by atoms with E-state index in [0.29, 0.717) is 31.7 Å². The van der Waals surface area contributed by atoms with Crippen molar-refractivity contribution in [1.82, 2.24) is 5.32 Å². The number of hydrogen-bond donors (Lipinski definition) is 2. The third kappa shape index (κ3) is 3.21. The van der Waals surface area contributed by atoms with Crippen molar-refractivity contribution in [3.63, 3.8) is 0 Å². The Morgan fingerprint density at radius 3 is 2.55 bits per heavy atom. The maximum atomic E-state index is 14.1. The first-order chi connectivity index (χ1) is 10.5. The summed E-state index contributed by atoms with van der Waals surface area (Å²) in [5.41, 5.74) is -0.306. The number of nitrogens with one attached hydrogen (secondary N) is 2. The molecular weight excluding hydrogens is 287 g/mol. The zero-order valence-corrected chi connectivity index (χ0v) is 12.9. The number of ether oxygens (including phenoxy) is 1. The van der Waals surface area contributed by atoms with Gasteiger partial charge in [-0.3, -0.25) is 4.79 Å². The molecule has 5 nitrogen and oxygen atoms in total. The molecule has 1 saturated carbocycles. The lowest BCUT2D eigenvalue weighted by Crippen LogP contribution is -2.53. The number of hydrogen-bond acceptors (Lipinski definition) is 4. The summed E-state index contributed by atoms with van der Waals surface area (Å²) < 4.78 is 19.1. The van der Waals surface area contributed by atoms with Crippen molar-refractivity contribution in [3.8, 4) is 0 Å². The molecule has 0 unspecified atom stereocenters. The SMILES string of the molecule is CCNC(=O)c1ccc(NC2(C(=O)OCC)CCC2)cc1F. The minimum Gasteiger partial charge on any atom is -0.464 e. The van der Waals surface area contributed by atoms with Crippen LogP contribution in [0.5, 0.6) is 0 Å². The van der Waals surface area contributed by atoms with Crippen LogP contribution in [-0.4, -0.2) is 30.6 Å². The first-order valence-electron chi connectivity index (χ1n) is 7.55. The highest BCUT2D eigenvalue weighted by Gasteiger charge is 2.45. The molecule has 1 aliphatic rings. The zero-order valence-electron chi connectivity index (χ0n) is 12.9. The van der Waals surface area contributed by atoms with E-state index in [1.165, 1.54) is 12.1 Å². The van der Waals surface area contributed by atoms with Crippen molar-refractivity contribution in [2.24, 2.45) is 0 Å². The van der Waals surface area contributed by atoms with Crippen molar-refractivity contribution in [2.75, 3.05) is 18.5 Å². The molecule has 0 atom stereocenters. The Balaban J connectivity index is 2.15. The predicted octanol–water partition coefficient (Wildman–Crippen LogP) is 2.47. The lowest BCUT2D eigenvalue weighted by Gasteiger charge is -2.40. The standard InChI is InChI=1S/C16H21FN2O3/c1-3-18-14(20)12-7-6-11(10-13(12)17)19-16(8-5-9-16)15(21)22-4-2/h6-7,10,19H,3-5,8-9H2,1-2H3,(H,18,20). The molecule has 0 aliphatic heterocycles. The molecule has 6 heteroatoms. The molecule has 1 aromatic carbocycles. The monoisotopic (exact) mass is 308 g/mol. The summed E-state index contributed by atoms with van der Waals surface area (Å²) in [6.45, 7) is 4.27. The lowest BCUT2D eigenvalue weighted by atomic mass is 9.76. The number of amides is 1. The highest BCUT2D eigenvalue weighted by Crippen LogP contribution is 2.36. The molecule has 0 spiro atoms. The van der Waals surface area contributed by atoms with E-state index in [2.05, 4.69) is 10.6 Å². The Morgan fingerprint density at radius 2 is 2.05 bits per heavy atom. The summed E-state index contributed by atoms with van der Waals surface area (Å²) in [6.07, 6.45) is 2.24. The number of halogens is 1. The van der Waals surface area contributed by atoms with Crippen LogP contribution in [-0.2, 0) is 9.53 Å². The second kappa shape index (κ2) is 6.77. The smallest absolute Gasteiger partial charge is 0.331 e. The summed E-state index contributed by atoms with van der Waals surface area (Å²) >= 11 is 0. The highest BCUT2D eigenvalue weighted by atomic mass is 19.1. The van der Waals surface area contributed by atoms with E-state index in [1.807, 2.05) is 0 Å². The van der Waals surface area contributed by atoms with Crippen LogP contribution >= 0.6 is 0 Å². The quantitative estimate of drug-likeness (QED) is 0.792. The molecule has 0 bridgehead atoms. The summed E-state index contributed by atoms with van der Waals surface area (Å²) in [6, 6.07) is 4.26. The van der Waals surface area contributed by atoms with E-state index in [4.69, 9.17) is 4.74 Å². The van der Waals surface area contributed by atoms with E-state index in [0.717, 1.165) is 6.42 Å². The van der Waals surface area contributed by atoms with Gasteiger partial charge in [-0.15, -0.1) is 0 Å². The van der Waals surface area contributed by atoms with Gasteiger partial charge in [-0.25, -0.2) is 9.18 Å². The number of carbonyl (C=O) groups is 2. The molecule has 0 heterocycles. The topological polar surface area (TPSA) is 67.4 Å². The van der Waals surface area contributed by atoms with Gasteiger partial charge >= 0.3 is 5.97 Å². The van der Waals surface area contributed by atoms with Gasteiger partial charge in [0.2, 0.25) is 0 Å². The number of carbonyl (C=O) groups excluding carboxylic acids is 2. The second-order valence-electron chi connectivity index (χ2n) is 5.34. The summed E-state index contributed by atoms with van der Waals surface area (Å²) in [4.78, 5) is 23.7. The lowest BCUT2D eigenvalue weighted by molar-refractivity contribution is -0.151. The third-order valence-corrected chi connectivity index (χ3v) is 3.81. The van der Waals surface area contributed by atoms with Gasteiger partial charge < -0.3 is 15.4 Å². The van der Waals surface area contributed by atoms with Crippen LogP contribution in [0, 0.1) is 5.82 Å². The number of anilines is 1. The first kappa shape index (κ1) is 16.3. The van der Waals surface area contributed by atoms with Gasteiger partial charge in [-0.05, 0) is 51.3 Å². The molecule has 1 fully saturated rings. The van der Waals surface area contributed by atoms with Crippen LogP contribution in [0.2, 0.25) is 0 Å². The molecule has 2 rings (SSSR count). The second-order valence-corrected chi connectivity index (χ2v) is 5.34. The molecule has 2 N–H and O–H groups in total. The average molecular weight is 308 g/mol. The Kier molecular flexibility index (Phi) is 5.00. The Labute approximate surface area is 129 Å². The Bertz CT molecular complexity index is 571. The molecular formula is C16H21FN2O3. The summed E-state index contributed by atoms with van der Waals surface area (Å²) in [5.74, 6) is -1.38. The molecule has 0 radical (unpaired) electrons. The van der Waals surface area contributed by atoms with Gasteiger partial charge in [0.25, 0.3) is 5.91 Å². The van der Waals surface area contributed by atoms with Crippen molar-refractivity contribution in [3.05, 3.63) is 29.6 Å². The van der Waals surface area contributed by atoms with Crippen LogP contribution in [0.4, 0.5) is 10.1 Å². The van der Waals surface area contributed by atoms with Crippen LogP contribution in [0.1, 0.15) is 43.5 Å². The summed E-state index contributed by atoms with van der Waals surface area (Å²) in [7, 11) is 0. The van der Waals surface area contributed by atoms with E-state index in [-0.39, 0.29) is 11.5 Å². The Morgan fingerprint density at radius 1 is 1.32 bits per heavy atom. The van der Waals surface area contributed by atoms with Crippen LogP contribution < -0.4 is 10.6 Å². The third-order valence-electron chi connectivity index (χ3n) is 3.81. The molecule has 22 heavy (non-hydrogen) atoms. The fourth-order valence-corrected chi connectivity index (χ4v) is 2.49. The fraction of sp³-hybridized carbons (Fsp3) is 0.500. The number of esters is 1. The van der Waals surface area contributed by atoms with Crippen molar-refractivity contribution in [1.29, 1.82) is 0 Å². The van der Waals surface area contributed by atoms with E-state index in [1.54, 1.807) is 19.9 Å². The zero-order chi connectivity index (χ0) is 16.2. The van der Waals surface area contributed by atoms with E-state index >= 15 is 0 Å². The minimum atomic E-state index is -0.768. The van der Waals surface area contributed by atoms with Crippen molar-refractivity contribution in [2.45, 2.75) is 38.6 Å². The van der Waals surface area contributed by atoms with E-state index < -0.39 is 17.3 Å². The molecule has 120 valence electrons. The predicted molar refractivity (Wildman–Crippen MR) is 81.2 cm³/mol. The normalized spacial score (nSPS) is 15.6. The van der Waals surface area contributed by atoms with Crippen LogP contribution in [0.25, 0.3) is 0 Å². The van der Waals surface area contributed by atoms with Crippen molar-refractivity contribution >= 4 is 17.6 Å². The average Bonchev–Trinajstić information content (AvgIpc) is 2.43. The first-order valence-corrected chi connectivity index (χ1v) is 7.55. The molecule has 0 saturated heterocycles. The van der Waals surface area contributed by atoms with Gasteiger partial charge in [0, 0.05) is 12.2 Å². The fourth-order valence-electron chi connectivity index (χ4n) is 2.49. The summed E-state index contributed by atoms with van der Waals surface area (Å²) in [5, 5.41) is 5.62. The maximum absolute atomic E-state index is 14.1. The number of benzene rings is 1. The van der Waals surface area contributed by atoms with Crippen LogP contribution in [0.3, 0.4) is 0 Å². The molecule has 1 amide bonds. The van der Waals surface area contributed by atoms with Gasteiger partial charge in [-0.1, -0.05) is 0 Å². The highest BCUT2D eigenvalue weighted by molar-refractivity contribution is 5.95. The molecule has 0 aromatic heterocycles. The van der Waals surface area contributed by atoms with E-state index in [9.17, 15) is 14.0 Å². The van der Waals surface area contributed by atoms with Gasteiger partial charge in [0.15, 0.2) is 0 Å². The van der Waals surface area contributed by atoms with Gasteiger partial charge in [0.05, 0.1) is 12.2 Å². The number of rotatable bonds is 6.